The normalized spacial score (nSPS) is 17.6. The standard InChI is InChI=1S/C9H10N2O3S/c1-5-3-4-6(2)8-7(5)10-9(12)11-15(8,13)14/h3-4H,1-2H3,(H2,10,11,12). The number of fused-ring (bicyclic) bond motifs is 1. The molecule has 1 heterocycles. The van der Waals surface area contributed by atoms with E-state index in [9.17, 15) is 13.2 Å². The van der Waals surface area contributed by atoms with Gasteiger partial charge in [0.2, 0.25) is 0 Å². The molecule has 80 valence electrons. The second-order valence-electron chi connectivity index (χ2n) is 3.46. The van der Waals surface area contributed by atoms with Gasteiger partial charge in [0.05, 0.1) is 5.69 Å². The Morgan fingerprint density at radius 2 is 1.73 bits per heavy atom. The van der Waals surface area contributed by atoms with Crippen LogP contribution in [-0.4, -0.2) is 14.4 Å². The summed E-state index contributed by atoms with van der Waals surface area (Å²) in [6, 6.07) is 2.77. The van der Waals surface area contributed by atoms with E-state index < -0.39 is 16.1 Å². The van der Waals surface area contributed by atoms with Crippen molar-refractivity contribution in [1.29, 1.82) is 0 Å². The molecule has 5 nitrogen and oxygen atoms in total. The first kappa shape index (κ1) is 9.97. The molecule has 0 saturated heterocycles. The maximum atomic E-state index is 11.7. The van der Waals surface area contributed by atoms with Gasteiger partial charge in [-0.2, -0.15) is 0 Å². The molecule has 15 heavy (non-hydrogen) atoms. The van der Waals surface area contributed by atoms with Crippen molar-refractivity contribution >= 4 is 21.7 Å². The molecule has 0 bridgehead atoms. The van der Waals surface area contributed by atoms with Gasteiger partial charge < -0.3 is 5.32 Å². The van der Waals surface area contributed by atoms with Crippen LogP contribution in [0.3, 0.4) is 0 Å². The summed E-state index contributed by atoms with van der Waals surface area (Å²) < 4.78 is 25.3. The Balaban J connectivity index is 2.83. The molecule has 0 radical (unpaired) electrons. The van der Waals surface area contributed by atoms with E-state index in [4.69, 9.17) is 0 Å². The summed E-state index contributed by atoms with van der Waals surface area (Å²) in [4.78, 5) is 11.3. The van der Waals surface area contributed by atoms with Gasteiger partial charge in [-0.25, -0.2) is 17.9 Å². The summed E-state index contributed by atoms with van der Waals surface area (Å²) in [7, 11) is -3.71. The molecule has 0 unspecified atom stereocenters. The number of hydrogen-bond donors (Lipinski definition) is 2. The monoisotopic (exact) mass is 226 g/mol. The van der Waals surface area contributed by atoms with Crippen LogP contribution in [0.15, 0.2) is 17.0 Å². The minimum absolute atomic E-state index is 0.155. The number of rotatable bonds is 0. The predicted octanol–water partition coefficient (Wildman–Crippen LogP) is 1.13. The van der Waals surface area contributed by atoms with Gasteiger partial charge in [0.15, 0.2) is 0 Å². The second kappa shape index (κ2) is 2.96. The Bertz CT molecular complexity index is 549. The van der Waals surface area contributed by atoms with E-state index in [1.54, 1.807) is 26.0 Å². The van der Waals surface area contributed by atoms with Crippen LogP contribution >= 0.6 is 0 Å². The third-order valence-electron chi connectivity index (χ3n) is 2.30. The molecular weight excluding hydrogens is 216 g/mol. The number of hydrogen-bond acceptors (Lipinski definition) is 3. The number of amides is 2. The number of anilines is 1. The number of sulfonamides is 1. The molecule has 0 spiro atoms. The van der Waals surface area contributed by atoms with Crippen molar-refractivity contribution in [1.82, 2.24) is 4.72 Å². The molecule has 2 N–H and O–H groups in total. The van der Waals surface area contributed by atoms with E-state index >= 15 is 0 Å². The van der Waals surface area contributed by atoms with Crippen LogP contribution < -0.4 is 10.0 Å². The Hall–Kier alpha value is -1.56. The van der Waals surface area contributed by atoms with Gasteiger partial charge in [0, 0.05) is 0 Å². The van der Waals surface area contributed by atoms with Crippen LogP contribution in [0.2, 0.25) is 0 Å². The topological polar surface area (TPSA) is 75.3 Å². The van der Waals surface area contributed by atoms with Gasteiger partial charge in [0.1, 0.15) is 4.90 Å². The lowest BCUT2D eigenvalue weighted by atomic mass is 10.1. The van der Waals surface area contributed by atoms with Gasteiger partial charge in [-0.15, -0.1) is 0 Å². The third-order valence-corrected chi connectivity index (χ3v) is 3.81. The smallest absolute Gasteiger partial charge is 0.306 e. The van der Waals surface area contributed by atoms with Crippen molar-refractivity contribution < 1.29 is 13.2 Å². The van der Waals surface area contributed by atoms with Crippen molar-refractivity contribution in [3.05, 3.63) is 23.3 Å². The second-order valence-corrected chi connectivity index (χ2v) is 5.08. The van der Waals surface area contributed by atoms with E-state index in [2.05, 4.69) is 5.32 Å². The summed E-state index contributed by atoms with van der Waals surface area (Å²) >= 11 is 0. The Kier molecular flexibility index (Phi) is 1.97. The molecule has 0 aliphatic carbocycles. The lowest BCUT2D eigenvalue weighted by Crippen LogP contribution is -2.40. The van der Waals surface area contributed by atoms with Crippen LogP contribution in [0.5, 0.6) is 0 Å². The molecule has 2 rings (SSSR count). The molecule has 1 aliphatic rings. The highest BCUT2D eigenvalue weighted by Crippen LogP contribution is 2.30. The van der Waals surface area contributed by atoms with Crippen LogP contribution in [0.25, 0.3) is 0 Å². The molecule has 1 aliphatic heterocycles. The lowest BCUT2D eigenvalue weighted by Gasteiger charge is -2.21. The van der Waals surface area contributed by atoms with Crippen molar-refractivity contribution in [3.63, 3.8) is 0 Å². The van der Waals surface area contributed by atoms with E-state index in [0.29, 0.717) is 11.3 Å². The van der Waals surface area contributed by atoms with Crippen LogP contribution in [0, 0.1) is 13.8 Å². The molecular formula is C9H10N2O3S. The van der Waals surface area contributed by atoms with Gasteiger partial charge in [-0.3, -0.25) is 0 Å². The number of benzene rings is 1. The molecule has 0 aromatic heterocycles. The van der Waals surface area contributed by atoms with Crippen molar-refractivity contribution in [2.45, 2.75) is 18.7 Å². The molecule has 0 atom stereocenters. The van der Waals surface area contributed by atoms with Gasteiger partial charge in [-0.1, -0.05) is 12.1 Å². The van der Waals surface area contributed by atoms with E-state index in [1.165, 1.54) is 0 Å². The summed E-state index contributed by atoms with van der Waals surface area (Å²) in [5.41, 5.74) is 1.72. The van der Waals surface area contributed by atoms with Gasteiger partial charge in [-0.05, 0) is 25.0 Å². The third kappa shape index (κ3) is 1.46. The maximum absolute atomic E-state index is 11.7. The van der Waals surface area contributed by atoms with Crippen molar-refractivity contribution in [2.75, 3.05) is 5.32 Å². The Morgan fingerprint density at radius 3 is 2.40 bits per heavy atom. The number of urea groups is 1. The molecule has 6 heteroatoms. The summed E-state index contributed by atoms with van der Waals surface area (Å²) in [5.74, 6) is 0. The minimum atomic E-state index is -3.71. The number of nitrogens with one attached hydrogen (secondary N) is 2. The highest BCUT2D eigenvalue weighted by Gasteiger charge is 2.30. The average Bonchev–Trinajstić information content (AvgIpc) is 2.09. The lowest BCUT2D eigenvalue weighted by molar-refractivity contribution is 0.256. The fourth-order valence-corrected chi connectivity index (χ4v) is 2.97. The quantitative estimate of drug-likeness (QED) is 0.696. The fourth-order valence-electron chi connectivity index (χ4n) is 1.60. The van der Waals surface area contributed by atoms with Crippen LogP contribution in [0.4, 0.5) is 10.5 Å². The van der Waals surface area contributed by atoms with Crippen LogP contribution in [-0.2, 0) is 10.0 Å². The van der Waals surface area contributed by atoms with E-state index in [-0.39, 0.29) is 4.90 Å². The van der Waals surface area contributed by atoms with Crippen LogP contribution in [0.1, 0.15) is 11.1 Å². The molecule has 1 aromatic carbocycles. The summed E-state index contributed by atoms with van der Waals surface area (Å²) in [6.07, 6.45) is 0. The zero-order chi connectivity index (χ0) is 11.2. The zero-order valence-electron chi connectivity index (χ0n) is 8.29. The first-order valence-corrected chi connectivity index (χ1v) is 5.84. The highest BCUT2D eigenvalue weighted by molar-refractivity contribution is 7.90. The minimum Gasteiger partial charge on any atom is -0.306 e. The molecule has 0 saturated carbocycles. The van der Waals surface area contributed by atoms with Crippen molar-refractivity contribution in [2.24, 2.45) is 0 Å². The summed E-state index contributed by atoms with van der Waals surface area (Å²) in [5, 5.41) is 2.50. The SMILES string of the molecule is Cc1ccc(C)c2c1NC(=O)NS2(=O)=O. The first-order valence-electron chi connectivity index (χ1n) is 4.36. The Labute approximate surface area is 87.5 Å². The highest BCUT2D eigenvalue weighted by atomic mass is 32.2. The average molecular weight is 226 g/mol. The number of aryl methyl sites for hydroxylation is 2. The summed E-state index contributed by atoms with van der Waals surface area (Å²) in [6.45, 7) is 3.44. The van der Waals surface area contributed by atoms with Crippen molar-refractivity contribution in [3.8, 4) is 0 Å². The first-order chi connectivity index (χ1) is 6.92. The molecule has 2 amide bonds. The van der Waals surface area contributed by atoms with Gasteiger partial charge >= 0.3 is 6.03 Å². The van der Waals surface area contributed by atoms with E-state index in [1.807, 2.05) is 4.72 Å². The molecule has 1 aromatic rings. The Morgan fingerprint density at radius 1 is 1.13 bits per heavy atom. The maximum Gasteiger partial charge on any atom is 0.333 e. The predicted molar refractivity (Wildman–Crippen MR) is 55.3 cm³/mol. The number of carbonyl (C=O) groups is 1. The van der Waals surface area contributed by atoms with E-state index in [0.717, 1.165) is 5.56 Å². The fraction of sp³-hybridized carbons (Fsp3) is 0.222. The largest absolute Gasteiger partial charge is 0.333 e. The van der Waals surface area contributed by atoms with Gasteiger partial charge in [0.25, 0.3) is 10.0 Å². The molecule has 0 fully saturated rings. The zero-order valence-corrected chi connectivity index (χ0v) is 9.10. The number of carbonyl (C=O) groups excluding carboxylic acids is 1.